The number of benzene rings is 1. The molecular formula is C15H12N4O3. The van der Waals surface area contributed by atoms with Gasteiger partial charge < -0.3 is 20.2 Å². The van der Waals surface area contributed by atoms with E-state index in [-0.39, 0.29) is 29.3 Å². The summed E-state index contributed by atoms with van der Waals surface area (Å²) in [6.07, 6.45) is 0. The molecule has 0 fully saturated rings. The number of ether oxygens (including phenoxy) is 2. The first-order valence-electron chi connectivity index (χ1n) is 6.20. The molecule has 0 saturated heterocycles. The summed E-state index contributed by atoms with van der Waals surface area (Å²) >= 11 is 0. The molecule has 22 heavy (non-hydrogen) atoms. The summed E-state index contributed by atoms with van der Waals surface area (Å²) in [5, 5.41) is 18.5. The number of rotatable bonds is 4. The molecule has 7 heteroatoms. The molecule has 2 rings (SSSR count). The van der Waals surface area contributed by atoms with Gasteiger partial charge in [0.25, 0.3) is 5.56 Å². The van der Waals surface area contributed by atoms with Gasteiger partial charge in [-0.3, -0.25) is 4.79 Å². The van der Waals surface area contributed by atoms with Crippen LogP contribution in [-0.4, -0.2) is 18.9 Å². The average Bonchev–Trinajstić information content (AvgIpc) is 2.52. The second-order valence-electron chi connectivity index (χ2n) is 4.30. The van der Waals surface area contributed by atoms with Crippen LogP contribution in [0.2, 0.25) is 0 Å². The Morgan fingerprint density at radius 3 is 2.64 bits per heavy atom. The number of pyridine rings is 1. The predicted octanol–water partition coefficient (Wildman–Crippen LogP) is 1.35. The summed E-state index contributed by atoms with van der Waals surface area (Å²) in [6.45, 7) is 0.0528. The molecule has 0 saturated carbocycles. The highest BCUT2D eigenvalue weighted by molar-refractivity contribution is 5.80. The first-order valence-corrected chi connectivity index (χ1v) is 6.20. The number of nitriles is 2. The van der Waals surface area contributed by atoms with Gasteiger partial charge in [0.2, 0.25) is 0 Å². The van der Waals surface area contributed by atoms with Gasteiger partial charge in [-0.1, -0.05) is 12.1 Å². The molecule has 0 atom stereocenters. The van der Waals surface area contributed by atoms with E-state index < -0.39 is 5.56 Å². The molecule has 1 aromatic heterocycles. The number of aromatic amines is 1. The summed E-state index contributed by atoms with van der Waals surface area (Å²) in [5.41, 5.74) is 5.58. The second kappa shape index (κ2) is 6.44. The monoisotopic (exact) mass is 296 g/mol. The average molecular weight is 296 g/mol. The summed E-state index contributed by atoms with van der Waals surface area (Å²) < 4.78 is 10.1. The first kappa shape index (κ1) is 15.1. The topological polar surface area (TPSA) is 125 Å². The van der Waals surface area contributed by atoms with Crippen LogP contribution in [0.15, 0.2) is 29.1 Å². The maximum Gasteiger partial charge on any atom is 0.268 e. The van der Waals surface area contributed by atoms with Crippen LogP contribution in [0.3, 0.4) is 0 Å². The van der Waals surface area contributed by atoms with Crippen molar-refractivity contribution in [2.45, 2.75) is 0 Å². The van der Waals surface area contributed by atoms with E-state index in [9.17, 15) is 15.3 Å². The van der Waals surface area contributed by atoms with E-state index in [1.165, 1.54) is 7.11 Å². The first-order chi connectivity index (χ1) is 10.6. The Hall–Kier alpha value is -3.29. The maximum atomic E-state index is 11.9. The normalized spacial score (nSPS) is 9.77. The number of H-pyrrole nitrogens is 1. The lowest BCUT2D eigenvalue weighted by Crippen LogP contribution is -2.16. The van der Waals surface area contributed by atoms with Crippen molar-refractivity contribution in [3.8, 4) is 29.0 Å². The molecule has 0 bridgehead atoms. The van der Waals surface area contributed by atoms with E-state index in [2.05, 4.69) is 4.98 Å². The summed E-state index contributed by atoms with van der Waals surface area (Å²) in [6, 6.07) is 10.4. The fraction of sp³-hybridized carbons (Fsp3) is 0.133. The molecule has 1 aromatic carbocycles. The third-order valence-electron chi connectivity index (χ3n) is 2.93. The van der Waals surface area contributed by atoms with Gasteiger partial charge in [0.15, 0.2) is 6.79 Å². The second-order valence-corrected chi connectivity index (χ2v) is 4.30. The van der Waals surface area contributed by atoms with Crippen LogP contribution in [0.25, 0.3) is 11.1 Å². The van der Waals surface area contributed by atoms with Gasteiger partial charge >= 0.3 is 0 Å². The van der Waals surface area contributed by atoms with Crippen molar-refractivity contribution in [1.29, 1.82) is 10.5 Å². The number of hydrogen-bond acceptors (Lipinski definition) is 6. The molecule has 0 aliphatic rings. The number of aromatic nitrogens is 1. The van der Waals surface area contributed by atoms with E-state index in [0.29, 0.717) is 11.3 Å². The minimum absolute atomic E-state index is 0.0417. The van der Waals surface area contributed by atoms with E-state index in [4.69, 9.17) is 15.2 Å². The molecule has 0 radical (unpaired) electrons. The Kier molecular flexibility index (Phi) is 4.42. The van der Waals surface area contributed by atoms with Crippen LogP contribution in [0.4, 0.5) is 5.82 Å². The van der Waals surface area contributed by atoms with Crippen LogP contribution in [0.5, 0.6) is 5.75 Å². The predicted molar refractivity (Wildman–Crippen MR) is 78.8 cm³/mol. The van der Waals surface area contributed by atoms with Gasteiger partial charge in [-0.25, -0.2) is 0 Å². The molecule has 110 valence electrons. The number of nitrogens with zero attached hydrogens (tertiary/aromatic N) is 2. The zero-order valence-corrected chi connectivity index (χ0v) is 11.7. The molecular weight excluding hydrogens is 284 g/mol. The zero-order chi connectivity index (χ0) is 16.1. The van der Waals surface area contributed by atoms with Crippen molar-refractivity contribution in [3.05, 3.63) is 45.7 Å². The minimum atomic E-state index is -0.641. The van der Waals surface area contributed by atoms with Crippen LogP contribution in [0.1, 0.15) is 11.1 Å². The zero-order valence-electron chi connectivity index (χ0n) is 11.7. The van der Waals surface area contributed by atoms with Crippen LogP contribution in [0, 0.1) is 22.7 Å². The smallest absolute Gasteiger partial charge is 0.268 e. The molecule has 2 aromatic rings. The van der Waals surface area contributed by atoms with E-state index in [1.54, 1.807) is 24.3 Å². The number of hydrogen-bond donors (Lipinski definition) is 2. The maximum absolute atomic E-state index is 11.9. The summed E-state index contributed by atoms with van der Waals surface area (Å²) in [5.74, 6) is 0.399. The minimum Gasteiger partial charge on any atom is -0.468 e. The molecule has 0 unspecified atom stereocenters. The molecule has 7 nitrogen and oxygen atoms in total. The van der Waals surface area contributed by atoms with Gasteiger partial charge in [0.05, 0.1) is 0 Å². The van der Waals surface area contributed by atoms with Crippen molar-refractivity contribution in [3.63, 3.8) is 0 Å². The van der Waals surface area contributed by atoms with Gasteiger partial charge in [0, 0.05) is 12.7 Å². The lowest BCUT2D eigenvalue weighted by molar-refractivity contribution is 0.0511. The van der Waals surface area contributed by atoms with Crippen molar-refractivity contribution in [1.82, 2.24) is 4.98 Å². The quantitative estimate of drug-likeness (QED) is 0.820. The van der Waals surface area contributed by atoms with Crippen molar-refractivity contribution >= 4 is 5.82 Å². The number of nitrogens with one attached hydrogen (secondary N) is 1. The Balaban J connectivity index is 2.70. The third kappa shape index (κ3) is 2.75. The lowest BCUT2D eigenvalue weighted by Gasteiger charge is -2.10. The fourth-order valence-electron chi connectivity index (χ4n) is 2.00. The van der Waals surface area contributed by atoms with Crippen LogP contribution in [-0.2, 0) is 4.74 Å². The highest BCUT2D eigenvalue weighted by atomic mass is 16.7. The highest BCUT2D eigenvalue weighted by Gasteiger charge is 2.18. The van der Waals surface area contributed by atoms with Crippen LogP contribution >= 0.6 is 0 Å². The molecule has 0 spiro atoms. The number of nitrogen functional groups attached to an aromatic ring is 1. The Labute approximate surface area is 126 Å². The number of nitrogens with two attached hydrogens (primary N) is 1. The van der Waals surface area contributed by atoms with Gasteiger partial charge in [-0.2, -0.15) is 10.5 Å². The third-order valence-corrected chi connectivity index (χ3v) is 2.93. The van der Waals surface area contributed by atoms with Crippen LogP contribution < -0.4 is 16.0 Å². The molecule has 0 amide bonds. The van der Waals surface area contributed by atoms with Gasteiger partial charge in [0.1, 0.15) is 34.8 Å². The van der Waals surface area contributed by atoms with Gasteiger partial charge in [-0.05, 0) is 17.7 Å². The lowest BCUT2D eigenvalue weighted by atomic mass is 9.96. The SMILES string of the molecule is COCOc1cccc(-c2c(C#N)c(N)[nH]c(=O)c2C#N)c1. The van der Waals surface area contributed by atoms with Crippen molar-refractivity contribution in [2.24, 2.45) is 0 Å². The standard InChI is InChI=1S/C15H12N4O3/c1-21-8-22-10-4-2-3-9(5-10)13-11(6-16)14(18)19-15(20)12(13)7-17/h2-5H,8H2,1H3,(H3,18,19,20). The Morgan fingerprint density at radius 1 is 1.27 bits per heavy atom. The Bertz CT molecular complexity index is 843. The van der Waals surface area contributed by atoms with E-state index in [0.717, 1.165) is 0 Å². The van der Waals surface area contributed by atoms with Gasteiger partial charge in [-0.15, -0.1) is 0 Å². The summed E-state index contributed by atoms with van der Waals surface area (Å²) in [7, 11) is 1.49. The molecule has 1 heterocycles. The molecule has 0 aliphatic carbocycles. The molecule has 0 aliphatic heterocycles. The van der Waals surface area contributed by atoms with Crippen molar-refractivity contribution < 1.29 is 9.47 Å². The fourth-order valence-corrected chi connectivity index (χ4v) is 2.00. The molecule has 3 N–H and O–H groups in total. The van der Waals surface area contributed by atoms with E-state index >= 15 is 0 Å². The number of anilines is 1. The van der Waals surface area contributed by atoms with Crippen molar-refractivity contribution in [2.75, 3.05) is 19.6 Å². The highest BCUT2D eigenvalue weighted by Crippen LogP contribution is 2.30. The Morgan fingerprint density at radius 2 is 2.00 bits per heavy atom. The van der Waals surface area contributed by atoms with E-state index in [1.807, 2.05) is 12.1 Å². The number of methoxy groups -OCH3 is 1. The summed E-state index contributed by atoms with van der Waals surface area (Å²) in [4.78, 5) is 14.2. The largest absolute Gasteiger partial charge is 0.468 e.